The molecule has 16 heavy (non-hydrogen) atoms. The first-order chi connectivity index (χ1) is 7.70. The molecular weight excluding hydrogens is 220 g/mol. The lowest BCUT2D eigenvalue weighted by Crippen LogP contribution is -1.89. The molecular formula is C14H13ClO. The van der Waals surface area contributed by atoms with Crippen LogP contribution in [0.4, 0.5) is 0 Å². The van der Waals surface area contributed by atoms with Crippen molar-refractivity contribution in [2.75, 3.05) is 0 Å². The summed E-state index contributed by atoms with van der Waals surface area (Å²) >= 11 is 5.84. The third-order valence-electron chi connectivity index (χ3n) is 2.70. The summed E-state index contributed by atoms with van der Waals surface area (Å²) in [7, 11) is 0. The molecule has 1 nitrogen and oxygen atoms in total. The Balaban J connectivity index is 2.44. The summed E-state index contributed by atoms with van der Waals surface area (Å²) in [4.78, 5) is 0. The van der Waals surface area contributed by atoms with Gasteiger partial charge in [0.15, 0.2) is 0 Å². The Hall–Kier alpha value is -1.31. The standard InChI is InChI=1S/C14H13ClO/c1-10-2-3-12(8-13(10)9-16)11-4-6-14(15)7-5-11/h2-8,16H,9H2,1H3. The van der Waals surface area contributed by atoms with Gasteiger partial charge >= 0.3 is 0 Å². The van der Waals surface area contributed by atoms with Crippen LogP contribution in [-0.2, 0) is 6.61 Å². The molecule has 0 fully saturated rings. The number of aryl methyl sites for hydroxylation is 1. The fraction of sp³-hybridized carbons (Fsp3) is 0.143. The summed E-state index contributed by atoms with van der Waals surface area (Å²) in [6, 6.07) is 13.8. The van der Waals surface area contributed by atoms with E-state index in [-0.39, 0.29) is 6.61 Å². The quantitative estimate of drug-likeness (QED) is 0.835. The molecule has 0 amide bonds. The van der Waals surface area contributed by atoms with Crippen LogP contribution in [0.3, 0.4) is 0 Å². The zero-order chi connectivity index (χ0) is 11.5. The lowest BCUT2D eigenvalue weighted by Gasteiger charge is -2.07. The summed E-state index contributed by atoms with van der Waals surface area (Å²) in [5.41, 5.74) is 4.29. The molecule has 2 aromatic carbocycles. The van der Waals surface area contributed by atoms with Crippen LogP contribution in [0.1, 0.15) is 11.1 Å². The molecule has 82 valence electrons. The van der Waals surface area contributed by atoms with Gasteiger partial charge in [0, 0.05) is 5.02 Å². The monoisotopic (exact) mass is 232 g/mol. The van der Waals surface area contributed by atoms with Crippen molar-refractivity contribution in [2.24, 2.45) is 0 Å². The fourth-order valence-electron chi connectivity index (χ4n) is 1.66. The van der Waals surface area contributed by atoms with E-state index in [4.69, 9.17) is 11.6 Å². The predicted octanol–water partition coefficient (Wildman–Crippen LogP) is 3.81. The number of aliphatic hydroxyl groups excluding tert-OH is 1. The maximum Gasteiger partial charge on any atom is 0.0684 e. The van der Waals surface area contributed by atoms with Gasteiger partial charge in [0.05, 0.1) is 6.61 Å². The molecule has 2 rings (SSSR count). The summed E-state index contributed by atoms with van der Waals surface area (Å²) in [5, 5.41) is 9.95. The van der Waals surface area contributed by atoms with Gasteiger partial charge in [-0.1, -0.05) is 35.9 Å². The Kier molecular flexibility index (Phi) is 3.28. The van der Waals surface area contributed by atoms with E-state index in [9.17, 15) is 5.11 Å². The third kappa shape index (κ3) is 2.26. The molecule has 1 N–H and O–H groups in total. The van der Waals surface area contributed by atoms with E-state index >= 15 is 0 Å². The number of hydrogen-bond donors (Lipinski definition) is 1. The van der Waals surface area contributed by atoms with Crippen LogP contribution in [0.5, 0.6) is 0 Å². The normalized spacial score (nSPS) is 10.4. The van der Waals surface area contributed by atoms with Crippen molar-refractivity contribution in [2.45, 2.75) is 13.5 Å². The average molecular weight is 233 g/mol. The molecule has 0 atom stereocenters. The Morgan fingerprint density at radius 2 is 1.62 bits per heavy atom. The number of rotatable bonds is 2. The first-order valence-corrected chi connectivity index (χ1v) is 5.55. The second-order valence-corrected chi connectivity index (χ2v) is 4.24. The van der Waals surface area contributed by atoms with Crippen molar-refractivity contribution >= 4 is 11.6 Å². The first-order valence-electron chi connectivity index (χ1n) is 5.17. The highest BCUT2D eigenvalue weighted by molar-refractivity contribution is 6.30. The van der Waals surface area contributed by atoms with Crippen LogP contribution in [0.2, 0.25) is 5.02 Å². The second-order valence-electron chi connectivity index (χ2n) is 3.81. The smallest absolute Gasteiger partial charge is 0.0684 e. The molecule has 0 heterocycles. The van der Waals surface area contributed by atoms with Gasteiger partial charge in [0.1, 0.15) is 0 Å². The Morgan fingerprint density at radius 3 is 2.25 bits per heavy atom. The van der Waals surface area contributed by atoms with Crippen LogP contribution < -0.4 is 0 Å². The largest absolute Gasteiger partial charge is 0.392 e. The van der Waals surface area contributed by atoms with Gasteiger partial charge in [-0.3, -0.25) is 0 Å². The predicted molar refractivity (Wildman–Crippen MR) is 67.5 cm³/mol. The van der Waals surface area contributed by atoms with E-state index in [1.807, 2.05) is 43.3 Å². The highest BCUT2D eigenvalue weighted by atomic mass is 35.5. The Bertz CT molecular complexity index is 489. The summed E-state index contributed by atoms with van der Waals surface area (Å²) < 4.78 is 0. The molecule has 0 aromatic heterocycles. The number of hydrogen-bond acceptors (Lipinski definition) is 1. The van der Waals surface area contributed by atoms with E-state index in [0.29, 0.717) is 0 Å². The molecule has 0 bridgehead atoms. The van der Waals surface area contributed by atoms with Gasteiger partial charge in [-0.15, -0.1) is 0 Å². The molecule has 0 spiro atoms. The van der Waals surface area contributed by atoms with Crippen molar-refractivity contribution in [3.05, 3.63) is 58.6 Å². The topological polar surface area (TPSA) is 20.2 Å². The highest BCUT2D eigenvalue weighted by Gasteiger charge is 2.01. The molecule has 2 heteroatoms. The van der Waals surface area contributed by atoms with E-state index < -0.39 is 0 Å². The SMILES string of the molecule is Cc1ccc(-c2ccc(Cl)cc2)cc1CO. The van der Waals surface area contributed by atoms with Crippen molar-refractivity contribution in [3.63, 3.8) is 0 Å². The van der Waals surface area contributed by atoms with Gasteiger partial charge in [-0.05, 0) is 47.4 Å². The molecule has 0 aliphatic heterocycles. The third-order valence-corrected chi connectivity index (χ3v) is 2.95. The van der Waals surface area contributed by atoms with Crippen LogP contribution >= 0.6 is 11.6 Å². The van der Waals surface area contributed by atoms with E-state index in [2.05, 4.69) is 6.07 Å². The van der Waals surface area contributed by atoms with E-state index in [1.165, 1.54) is 0 Å². The fourth-order valence-corrected chi connectivity index (χ4v) is 1.79. The van der Waals surface area contributed by atoms with Gasteiger partial charge in [0.25, 0.3) is 0 Å². The van der Waals surface area contributed by atoms with Crippen LogP contribution in [0, 0.1) is 6.92 Å². The average Bonchev–Trinajstić information content (AvgIpc) is 2.31. The van der Waals surface area contributed by atoms with Crippen molar-refractivity contribution in [3.8, 4) is 11.1 Å². The van der Waals surface area contributed by atoms with Crippen molar-refractivity contribution in [1.29, 1.82) is 0 Å². The molecule has 0 saturated carbocycles. The molecule has 0 unspecified atom stereocenters. The lowest BCUT2D eigenvalue weighted by molar-refractivity contribution is 0.281. The number of halogens is 1. The first kappa shape index (κ1) is 11.2. The summed E-state index contributed by atoms with van der Waals surface area (Å²) in [5.74, 6) is 0. The second kappa shape index (κ2) is 4.69. The van der Waals surface area contributed by atoms with Crippen LogP contribution in [0.15, 0.2) is 42.5 Å². The Labute approximate surface area is 100 Å². The van der Waals surface area contributed by atoms with E-state index in [1.54, 1.807) is 0 Å². The highest BCUT2D eigenvalue weighted by Crippen LogP contribution is 2.23. The maximum atomic E-state index is 9.21. The minimum Gasteiger partial charge on any atom is -0.392 e. The van der Waals surface area contributed by atoms with Crippen LogP contribution in [-0.4, -0.2) is 5.11 Å². The zero-order valence-corrected chi connectivity index (χ0v) is 9.83. The molecule has 0 radical (unpaired) electrons. The van der Waals surface area contributed by atoms with Gasteiger partial charge in [-0.25, -0.2) is 0 Å². The molecule has 0 aliphatic rings. The van der Waals surface area contributed by atoms with Gasteiger partial charge in [-0.2, -0.15) is 0 Å². The summed E-state index contributed by atoms with van der Waals surface area (Å²) in [6.07, 6.45) is 0. The molecule has 0 aliphatic carbocycles. The maximum absolute atomic E-state index is 9.21. The van der Waals surface area contributed by atoms with Crippen molar-refractivity contribution in [1.82, 2.24) is 0 Å². The van der Waals surface area contributed by atoms with Crippen molar-refractivity contribution < 1.29 is 5.11 Å². The Morgan fingerprint density at radius 1 is 1.00 bits per heavy atom. The van der Waals surface area contributed by atoms with Crippen LogP contribution in [0.25, 0.3) is 11.1 Å². The zero-order valence-electron chi connectivity index (χ0n) is 9.07. The lowest BCUT2D eigenvalue weighted by atomic mass is 10.0. The number of benzene rings is 2. The molecule has 2 aromatic rings. The minimum atomic E-state index is 0.0766. The summed E-state index contributed by atoms with van der Waals surface area (Å²) in [6.45, 7) is 2.07. The molecule has 0 saturated heterocycles. The minimum absolute atomic E-state index is 0.0766. The van der Waals surface area contributed by atoms with E-state index in [0.717, 1.165) is 27.3 Å². The van der Waals surface area contributed by atoms with Gasteiger partial charge < -0.3 is 5.11 Å². The van der Waals surface area contributed by atoms with Gasteiger partial charge in [0.2, 0.25) is 0 Å². The number of aliphatic hydroxyl groups is 1.